The molecule has 0 bridgehead atoms. The number of methoxy groups -OCH3 is 1. The zero-order valence-corrected chi connectivity index (χ0v) is 26.6. The second kappa shape index (κ2) is 15.3. The fourth-order valence-corrected chi connectivity index (χ4v) is 5.86. The summed E-state index contributed by atoms with van der Waals surface area (Å²) in [5.41, 5.74) is 5.90. The third-order valence-corrected chi connectivity index (χ3v) is 8.48. The molecule has 1 aliphatic heterocycles. The topological polar surface area (TPSA) is 73.9 Å². The lowest BCUT2D eigenvalue weighted by Gasteiger charge is -2.38. The average Bonchev–Trinajstić information content (AvgIpc) is 3.09. The Morgan fingerprint density at radius 2 is 1.44 bits per heavy atom. The third kappa shape index (κ3) is 8.04. The molecular weight excluding hydrogens is 560 g/mol. The predicted molar refractivity (Wildman–Crippen MR) is 184 cm³/mol. The van der Waals surface area contributed by atoms with Crippen LogP contribution in [0.2, 0.25) is 0 Å². The van der Waals surface area contributed by atoms with E-state index in [1.54, 1.807) is 13.2 Å². The number of piperazine rings is 1. The summed E-state index contributed by atoms with van der Waals surface area (Å²) < 4.78 is 5.59. The van der Waals surface area contributed by atoms with Gasteiger partial charge in [-0.15, -0.1) is 0 Å². The molecule has 1 aliphatic rings. The SMILES string of the molecule is CCCCCc1ccc(C(=O)Nc2ccc(N3CCN(c4ccccc4OC)CC3)c(C(=O)NC(C)c3ccccc3)c2)cc1. The van der Waals surface area contributed by atoms with Crippen molar-refractivity contribution in [3.05, 3.63) is 119 Å². The highest BCUT2D eigenvalue weighted by molar-refractivity contribution is 6.06. The van der Waals surface area contributed by atoms with Gasteiger partial charge in [-0.05, 0) is 73.4 Å². The Balaban J connectivity index is 1.34. The van der Waals surface area contributed by atoms with Gasteiger partial charge in [-0.2, -0.15) is 0 Å². The molecule has 5 rings (SSSR count). The van der Waals surface area contributed by atoms with E-state index in [0.717, 1.165) is 61.7 Å². The normalized spacial score (nSPS) is 13.7. The molecule has 7 heteroatoms. The number of ether oxygens (including phenoxy) is 1. The Kier molecular flexibility index (Phi) is 10.7. The van der Waals surface area contributed by atoms with Crippen molar-refractivity contribution in [1.82, 2.24) is 5.32 Å². The van der Waals surface area contributed by atoms with E-state index in [0.29, 0.717) is 16.8 Å². The van der Waals surface area contributed by atoms with Gasteiger partial charge in [0.25, 0.3) is 11.8 Å². The molecule has 2 amide bonds. The van der Waals surface area contributed by atoms with Crippen LogP contribution >= 0.6 is 0 Å². The number of carbonyl (C=O) groups excluding carboxylic acids is 2. The lowest BCUT2D eigenvalue weighted by atomic mass is 10.0. The van der Waals surface area contributed by atoms with Crippen LogP contribution in [0.3, 0.4) is 0 Å². The number of amides is 2. The van der Waals surface area contributed by atoms with Crippen molar-refractivity contribution in [2.75, 3.05) is 48.4 Å². The van der Waals surface area contributed by atoms with E-state index < -0.39 is 0 Å². The number of unbranched alkanes of at least 4 members (excludes halogenated alkanes) is 2. The molecule has 234 valence electrons. The molecule has 1 heterocycles. The summed E-state index contributed by atoms with van der Waals surface area (Å²) in [7, 11) is 1.69. The monoisotopic (exact) mass is 604 g/mol. The molecule has 1 fully saturated rings. The minimum absolute atomic E-state index is 0.178. The van der Waals surface area contributed by atoms with Crippen molar-refractivity contribution in [1.29, 1.82) is 0 Å². The fourth-order valence-electron chi connectivity index (χ4n) is 5.86. The summed E-state index contributed by atoms with van der Waals surface area (Å²) in [5.74, 6) is 0.477. The van der Waals surface area contributed by atoms with E-state index >= 15 is 0 Å². The first kappa shape index (κ1) is 31.6. The van der Waals surface area contributed by atoms with Gasteiger partial charge >= 0.3 is 0 Å². The summed E-state index contributed by atoms with van der Waals surface area (Å²) in [6.45, 7) is 7.23. The number of rotatable bonds is 12. The quantitative estimate of drug-likeness (QED) is 0.164. The molecule has 1 atom stereocenters. The molecule has 45 heavy (non-hydrogen) atoms. The van der Waals surface area contributed by atoms with E-state index in [4.69, 9.17) is 4.74 Å². The Bertz CT molecular complexity index is 1560. The summed E-state index contributed by atoms with van der Waals surface area (Å²) in [4.78, 5) is 31.6. The van der Waals surface area contributed by atoms with Gasteiger partial charge in [0.2, 0.25) is 0 Å². The average molecular weight is 605 g/mol. The summed E-state index contributed by atoms with van der Waals surface area (Å²) in [6, 6.07) is 31.3. The molecule has 0 aliphatic carbocycles. The molecule has 1 saturated heterocycles. The highest BCUT2D eigenvalue weighted by Crippen LogP contribution is 2.31. The zero-order valence-electron chi connectivity index (χ0n) is 26.6. The molecule has 0 aromatic heterocycles. The Morgan fingerprint density at radius 3 is 2.13 bits per heavy atom. The lowest BCUT2D eigenvalue weighted by molar-refractivity contribution is 0.0939. The molecule has 4 aromatic rings. The predicted octanol–water partition coefficient (Wildman–Crippen LogP) is 7.50. The van der Waals surface area contributed by atoms with Gasteiger partial charge in [0.1, 0.15) is 5.75 Å². The maximum atomic E-state index is 13.8. The van der Waals surface area contributed by atoms with Crippen molar-refractivity contribution in [3.63, 3.8) is 0 Å². The number of carbonyl (C=O) groups is 2. The summed E-state index contributed by atoms with van der Waals surface area (Å²) in [5, 5.41) is 6.20. The number of nitrogens with zero attached hydrogens (tertiary/aromatic N) is 2. The maximum Gasteiger partial charge on any atom is 0.255 e. The number of benzene rings is 4. The number of para-hydroxylation sites is 2. The van der Waals surface area contributed by atoms with Crippen molar-refractivity contribution in [3.8, 4) is 5.75 Å². The fraction of sp³-hybridized carbons (Fsp3) is 0.316. The first-order chi connectivity index (χ1) is 22.0. The van der Waals surface area contributed by atoms with Gasteiger partial charge in [-0.1, -0.05) is 74.4 Å². The van der Waals surface area contributed by atoms with E-state index in [1.165, 1.54) is 18.4 Å². The van der Waals surface area contributed by atoms with Gasteiger partial charge < -0.3 is 25.2 Å². The second-order valence-electron chi connectivity index (χ2n) is 11.6. The van der Waals surface area contributed by atoms with Crippen LogP contribution < -0.4 is 25.2 Å². The van der Waals surface area contributed by atoms with Crippen molar-refractivity contribution < 1.29 is 14.3 Å². The molecule has 7 nitrogen and oxygen atoms in total. The highest BCUT2D eigenvalue weighted by atomic mass is 16.5. The number of aryl methyl sites for hydroxylation is 1. The van der Waals surface area contributed by atoms with Crippen LogP contribution in [0.25, 0.3) is 0 Å². The minimum Gasteiger partial charge on any atom is -0.495 e. The number of nitrogens with one attached hydrogen (secondary N) is 2. The number of hydrogen-bond acceptors (Lipinski definition) is 5. The molecular formula is C38H44N4O3. The Hall–Kier alpha value is -4.78. The molecule has 2 N–H and O–H groups in total. The minimum atomic E-state index is -0.197. The highest BCUT2D eigenvalue weighted by Gasteiger charge is 2.24. The molecule has 0 saturated carbocycles. The lowest BCUT2D eigenvalue weighted by Crippen LogP contribution is -2.47. The Labute approximate surface area is 267 Å². The van der Waals surface area contributed by atoms with Gasteiger partial charge in [0, 0.05) is 43.1 Å². The van der Waals surface area contributed by atoms with Crippen LogP contribution in [0.4, 0.5) is 17.1 Å². The van der Waals surface area contributed by atoms with Crippen LogP contribution in [0.1, 0.15) is 71.0 Å². The van der Waals surface area contributed by atoms with E-state index in [-0.39, 0.29) is 17.9 Å². The van der Waals surface area contributed by atoms with E-state index in [2.05, 4.69) is 33.4 Å². The van der Waals surface area contributed by atoms with Crippen LogP contribution in [-0.4, -0.2) is 45.1 Å². The van der Waals surface area contributed by atoms with Crippen LogP contribution in [0.15, 0.2) is 97.1 Å². The number of hydrogen-bond donors (Lipinski definition) is 2. The third-order valence-electron chi connectivity index (χ3n) is 8.48. The first-order valence-electron chi connectivity index (χ1n) is 16.0. The summed E-state index contributed by atoms with van der Waals surface area (Å²) >= 11 is 0. The smallest absolute Gasteiger partial charge is 0.255 e. The largest absolute Gasteiger partial charge is 0.495 e. The van der Waals surface area contributed by atoms with Crippen molar-refractivity contribution in [2.24, 2.45) is 0 Å². The van der Waals surface area contributed by atoms with Crippen LogP contribution in [-0.2, 0) is 6.42 Å². The molecule has 4 aromatic carbocycles. The summed E-state index contributed by atoms with van der Waals surface area (Å²) in [6.07, 6.45) is 4.56. The standard InChI is InChI=1S/C38H44N4O3/c1-4-5-7-12-29-17-19-31(20-18-29)37(43)40-32-21-22-34(33(27-32)38(44)39-28(2)30-13-8-6-9-14-30)41-23-25-42(26-24-41)35-15-10-11-16-36(35)45-3/h6,8-11,13-22,27-28H,4-5,7,12,23-26H2,1-3H3,(H,39,44)(H,40,43). The van der Waals surface area contributed by atoms with Gasteiger partial charge in [0.15, 0.2) is 0 Å². The van der Waals surface area contributed by atoms with Gasteiger partial charge in [-0.25, -0.2) is 0 Å². The number of anilines is 3. The maximum absolute atomic E-state index is 13.8. The van der Waals surface area contributed by atoms with E-state index in [1.807, 2.05) is 91.9 Å². The second-order valence-corrected chi connectivity index (χ2v) is 11.6. The van der Waals surface area contributed by atoms with Crippen LogP contribution in [0, 0.1) is 0 Å². The molecule has 0 spiro atoms. The molecule has 0 radical (unpaired) electrons. The van der Waals surface area contributed by atoms with Crippen molar-refractivity contribution in [2.45, 2.75) is 45.6 Å². The van der Waals surface area contributed by atoms with Gasteiger partial charge in [0.05, 0.1) is 24.4 Å². The van der Waals surface area contributed by atoms with Gasteiger partial charge in [-0.3, -0.25) is 9.59 Å². The first-order valence-corrected chi connectivity index (χ1v) is 16.0. The zero-order chi connectivity index (χ0) is 31.6. The van der Waals surface area contributed by atoms with Crippen LogP contribution in [0.5, 0.6) is 5.75 Å². The van der Waals surface area contributed by atoms with Crippen molar-refractivity contribution >= 4 is 28.9 Å². The molecule has 1 unspecified atom stereocenters. The van der Waals surface area contributed by atoms with E-state index in [9.17, 15) is 9.59 Å². The Morgan fingerprint density at radius 1 is 0.778 bits per heavy atom.